The van der Waals surface area contributed by atoms with E-state index in [9.17, 15) is 9.18 Å². The van der Waals surface area contributed by atoms with Crippen molar-refractivity contribution in [3.8, 4) is 18.4 Å². The van der Waals surface area contributed by atoms with Gasteiger partial charge in [-0.1, -0.05) is 12.0 Å². The smallest absolute Gasteiger partial charge is 0.284 e. The number of ketones is 1. The topological polar surface area (TPSA) is 111 Å². The van der Waals surface area contributed by atoms with Crippen LogP contribution >= 0.6 is 0 Å². The molecule has 1 saturated heterocycles. The number of carbonyl (C=O) groups excluding carboxylic acids is 1. The van der Waals surface area contributed by atoms with Crippen molar-refractivity contribution in [2.24, 2.45) is 16.6 Å². The molecule has 0 amide bonds. The summed E-state index contributed by atoms with van der Waals surface area (Å²) in [7, 11) is 0. The van der Waals surface area contributed by atoms with Crippen molar-refractivity contribution in [1.29, 1.82) is 5.26 Å². The van der Waals surface area contributed by atoms with E-state index in [4.69, 9.17) is 26.9 Å². The lowest BCUT2D eigenvalue weighted by molar-refractivity contribution is 0.0939. The molecule has 1 fully saturated rings. The van der Waals surface area contributed by atoms with Crippen LogP contribution in [-0.2, 0) is 21.4 Å². The second kappa shape index (κ2) is 7.82. The van der Waals surface area contributed by atoms with Crippen LogP contribution in [0.1, 0.15) is 32.7 Å². The quantitative estimate of drug-likeness (QED) is 0.601. The van der Waals surface area contributed by atoms with Crippen LogP contribution in [0.25, 0.3) is 0 Å². The van der Waals surface area contributed by atoms with Crippen LogP contribution in [0.2, 0.25) is 0 Å². The highest BCUT2D eigenvalue weighted by Gasteiger charge is 2.52. The first-order valence-electron chi connectivity index (χ1n) is 9.64. The lowest BCUT2D eigenvalue weighted by Crippen LogP contribution is -2.48. The Hall–Kier alpha value is -3.75. The van der Waals surface area contributed by atoms with Crippen molar-refractivity contribution < 1.29 is 18.7 Å². The summed E-state index contributed by atoms with van der Waals surface area (Å²) in [4.78, 5) is 21.2. The van der Waals surface area contributed by atoms with Gasteiger partial charge in [0.1, 0.15) is 23.7 Å². The van der Waals surface area contributed by atoms with Gasteiger partial charge in [-0.15, -0.1) is 6.42 Å². The van der Waals surface area contributed by atoms with E-state index in [2.05, 4.69) is 15.9 Å². The molecule has 3 atom stereocenters. The number of fused-ring (bicyclic) bond motifs is 1. The number of aromatic nitrogens is 1. The average molecular weight is 418 g/mol. The van der Waals surface area contributed by atoms with Gasteiger partial charge in [0.05, 0.1) is 24.7 Å². The van der Waals surface area contributed by atoms with Gasteiger partial charge in [0, 0.05) is 18.2 Å². The molecule has 2 N–H and O–H groups in total. The summed E-state index contributed by atoms with van der Waals surface area (Å²) in [5.41, 5.74) is 6.37. The van der Waals surface area contributed by atoms with Crippen molar-refractivity contribution in [2.75, 3.05) is 13.2 Å². The zero-order valence-electron chi connectivity index (χ0n) is 16.8. The van der Waals surface area contributed by atoms with Crippen molar-refractivity contribution >= 4 is 11.8 Å². The predicted octanol–water partition coefficient (Wildman–Crippen LogP) is 2.01. The molecule has 2 aliphatic rings. The van der Waals surface area contributed by atoms with Crippen LogP contribution < -0.4 is 5.73 Å². The molecule has 0 bridgehead atoms. The van der Waals surface area contributed by atoms with Gasteiger partial charge in [0.25, 0.3) is 6.02 Å². The number of aryl methyl sites for hydroxylation is 1. The van der Waals surface area contributed by atoms with Gasteiger partial charge in [0.15, 0.2) is 11.3 Å². The summed E-state index contributed by atoms with van der Waals surface area (Å²) in [6, 6.07) is 7.80. The number of Topliss-reactive ketones (excluding diaryl/α,β-unsaturated/α-hetero) is 1. The maximum absolute atomic E-state index is 15.0. The Morgan fingerprint density at radius 2 is 2.23 bits per heavy atom. The van der Waals surface area contributed by atoms with Crippen LogP contribution in [0.3, 0.4) is 0 Å². The van der Waals surface area contributed by atoms with Gasteiger partial charge in [0.2, 0.25) is 0 Å². The van der Waals surface area contributed by atoms with Crippen molar-refractivity contribution in [1.82, 2.24) is 4.98 Å². The molecular formula is C23H19FN4O3. The third kappa shape index (κ3) is 3.52. The summed E-state index contributed by atoms with van der Waals surface area (Å²) in [6.45, 7) is 2.25. The number of pyridine rings is 1. The summed E-state index contributed by atoms with van der Waals surface area (Å²) >= 11 is 0. The molecule has 2 aromatic rings. The minimum absolute atomic E-state index is 0.0199. The van der Waals surface area contributed by atoms with E-state index < -0.39 is 23.4 Å². The first kappa shape index (κ1) is 20.5. The number of aliphatic imine (C=N–C) groups is 1. The number of halogens is 1. The van der Waals surface area contributed by atoms with Gasteiger partial charge >= 0.3 is 0 Å². The fraction of sp³-hybridized carbons (Fsp3) is 0.304. The number of hydrogen-bond acceptors (Lipinski definition) is 7. The van der Waals surface area contributed by atoms with E-state index in [-0.39, 0.29) is 42.7 Å². The molecule has 7 nitrogen and oxygen atoms in total. The number of carbonyl (C=O) groups is 1. The number of benzene rings is 1. The van der Waals surface area contributed by atoms with E-state index in [0.717, 1.165) is 0 Å². The molecule has 0 saturated carbocycles. The zero-order valence-corrected chi connectivity index (χ0v) is 16.8. The molecule has 156 valence electrons. The number of nitrogens with zero attached hydrogens (tertiary/aromatic N) is 3. The van der Waals surface area contributed by atoms with Crippen LogP contribution in [0, 0.1) is 42.3 Å². The number of amidine groups is 1. The maximum atomic E-state index is 15.0. The second-order valence-corrected chi connectivity index (χ2v) is 7.58. The highest BCUT2D eigenvalue weighted by atomic mass is 19.1. The molecule has 8 heteroatoms. The van der Waals surface area contributed by atoms with Crippen molar-refractivity contribution in [3.05, 3.63) is 64.2 Å². The first-order valence-corrected chi connectivity index (χ1v) is 9.64. The second-order valence-electron chi connectivity index (χ2n) is 7.58. The molecule has 4 rings (SSSR count). The van der Waals surface area contributed by atoms with Crippen LogP contribution in [0.15, 0.2) is 35.5 Å². The van der Waals surface area contributed by atoms with Gasteiger partial charge in [-0.25, -0.2) is 9.38 Å². The first-order chi connectivity index (χ1) is 14.9. The van der Waals surface area contributed by atoms with Gasteiger partial charge in [-0.2, -0.15) is 5.26 Å². The molecule has 31 heavy (non-hydrogen) atoms. The number of hydrogen-bond donors (Lipinski definition) is 1. The van der Waals surface area contributed by atoms with E-state index >= 15 is 0 Å². The number of rotatable bonds is 4. The number of terminal acetylenes is 1. The lowest BCUT2D eigenvalue weighted by atomic mass is 9.76. The van der Waals surface area contributed by atoms with E-state index in [1.807, 2.05) is 6.07 Å². The molecule has 1 aromatic heterocycles. The Labute approximate surface area is 178 Å². The van der Waals surface area contributed by atoms with E-state index in [0.29, 0.717) is 16.7 Å². The Morgan fingerprint density at radius 1 is 1.42 bits per heavy atom. The minimum atomic E-state index is -1.39. The number of nitrogens with two attached hydrogens (primary N) is 1. The number of nitriles is 1. The predicted molar refractivity (Wildman–Crippen MR) is 109 cm³/mol. The molecule has 1 aromatic carbocycles. The molecule has 0 aliphatic carbocycles. The van der Waals surface area contributed by atoms with E-state index in [1.165, 1.54) is 18.3 Å². The largest absolute Gasteiger partial charge is 0.459 e. The molecule has 0 radical (unpaired) electrons. The van der Waals surface area contributed by atoms with Crippen molar-refractivity contribution in [2.45, 2.75) is 25.0 Å². The Morgan fingerprint density at radius 3 is 2.94 bits per heavy atom. The maximum Gasteiger partial charge on any atom is 0.284 e. The third-order valence-corrected chi connectivity index (χ3v) is 5.62. The van der Waals surface area contributed by atoms with Crippen LogP contribution in [0.4, 0.5) is 4.39 Å². The summed E-state index contributed by atoms with van der Waals surface area (Å²) in [6.07, 6.45) is 6.76. The van der Waals surface area contributed by atoms with E-state index in [1.54, 1.807) is 19.1 Å². The number of ether oxygens (including phenoxy) is 2. The third-order valence-electron chi connectivity index (χ3n) is 5.62. The normalized spacial score (nSPS) is 24.3. The SMILES string of the molecule is C#C[C@]1(c2cc(CC(=O)c3ncc(C#N)cc3C)ccc2F)N=C(N)O[C@@H]2COC[C@@H]21. The highest BCUT2D eigenvalue weighted by Crippen LogP contribution is 2.43. The fourth-order valence-corrected chi connectivity index (χ4v) is 4.13. The Bertz CT molecular complexity index is 1180. The summed E-state index contributed by atoms with van der Waals surface area (Å²) in [5.74, 6) is 1.40. The highest BCUT2D eigenvalue weighted by molar-refractivity contribution is 5.97. The van der Waals surface area contributed by atoms with Gasteiger partial charge in [-0.05, 0) is 36.2 Å². The van der Waals surface area contributed by atoms with Crippen LogP contribution in [0.5, 0.6) is 0 Å². The zero-order chi connectivity index (χ0) is 22.2. The molecule has 0 unspecified atom stereocenters. The Balaban J connectivity index is 1.71. The van der Waals surface area contributed by atoms with Crippen LogP contribution in [-0.4, -0.2) is 36.1 Å². The van der Waals surface area contributed by atoms with Gasteiger partial charge < -0.3 is 15.2 Å². The standard InChI is InChI=1S/C23H19FN4O3/c1-3-23(17-11-30-12-20(17)31-22(26)28-23)16-7-14(4-5-18(16)24)8-19(29)21-13(2)6-15(9-25)10-27-21/h1,4-7,10,17,20H,8,11-12H2,2H3,(H2,26,28)/t17-,20+,23+/m0/s1. The molecule has 0 spiro atoms. The monoisotopic (exact) mass is 418 g/mol. The summed E-state index contributed by atoms with van der Waals surface area (Å²) in [5, 5.41) is 8.97. The average Bonchev–Trinajstić information content (AvgIpc) is 3.23. The van der Waals surface area contributed by atoms with Gasteiger partial charge in [-0.3, -0.25) is 9.78 Å². The summed E-state index contributed by atoms with van der Waals surface area (Å²) < 4.78 is 26.0. The molecule has 3 heterocycles. The van der Waals surface area contributed by atoms with Crippen molar-refractivity contribution in [3.63, 3.8) is 0 Å². The molecular weight excluding hydrogens is 399 g/mol. The minimum Gasteiger partial charge on any atom is -0.459 e. The molecule has 2 aliphatic heterocycles. The lowest BCUT2D eigenvalue weighted by Gasteiger charge is -2.37. The Kier molecular flexibility index (Phi) is 5.18. The fourth-order valence-electron chi connectivity index (χ4n) is 4.13.